The number of hydrogen-bond donors (Lipinski definition) is 2. The van der Waals surface area contributed by atoms with E-state index in [0.29, 0.717) is 17.3 Å². The molecule has 0 spiro atoms. The van der Waals surface area contributed by atoms with Crippen molar-refractivity contribution >= 4 is 29.1 Å². The predicted molar refractivity (Wildman–Crippen MR) is 83.3 cm³/mol. The number of carbonyl (C=O) groups excluding carboxylic acids is 2. The van der Waals surface area contributed by atoms with E-state index in [1.165, 1.54) is 4.90 Å². The van der Waals surface area contributed by atoms with Crippen LogP contribution in [0.25, 0.3) is 0 Å². The van der Waals surface area contributed by atoms with Crippen LogP contribution in [0.4, 0.5) is 5.69 Å². The van der Waals surface area contributed by atoms with E-state index >= 15 is 0 Å². The normalized spacial score (nSPS) is 18.1. The van der Waals surface area contributed by atoms with E-state index in [2.05, 4.69) is 10.6 Å². The van der Waals surface area contributed by atoms with Gasteiger partial charge in [0.15, 0.2) is 0 Å². The Balaban J connectivity index is 1.85. The predicted octanol–water partition coefficient (Wildman–Crippen LogP) is 1.74. The van der Waals surface area contributed by atoms with Crippen molar-refractivity contribution < 1.29 is 9.59 Å². The van der Waals surface area contributed by atoms with Gasteiger partial charge < -0.3 is 15.5 Å². The van der Waals surface area contributed by atoms with Crippen molar-refractivity contribution in [3.05, 3.63) is 29.3 Å². The van der Waals surface area contributed by atoms with E-state index in [1.54, 1.807) is 31.3 Å². The lowest BCUT2D eigenvalue weighted by Crippen LogP contribution is -2.43. The third kappa shape index (κ3) is 4.72. The Morgan fingerprint density at radius 3 is 2.95 bits per heavy atom. The molecule has 0 aromatic heterocycles. The molecule has 2 rings (SSSR count). The van der Waals surface area contributed by atoms with Gasteiger partial charge in [0.05, 0.1) is 12.5 Å². The van der Waals surface area contributed by atoms with E-state index in [-0.39, 0.29) is 24.3 Å². The van der Waals surface area contributed by atoms with Crippen LogP contribution < -0.4 is 10.6 Å². The van der Waals surface area contributed by atoms with Crippen LogP contribution >= 0.6 is 11.6 Å². The summed E-state index contributed by atoms with van der Waals surface area (Å²) in [7, 11) is 1.66. The summed E-state index contributed by atoms with van der Waals surface area (Å²) in [5.74, 6) is -0.233. The molecule has 6 heteroatoms. The smallest absolute Gasteiger partial charge is 0.243 e. The average Bonchev–Trinajstić information content (AvgIpc) is 2.47. The Bertz CT molecular complexity index is 515. The lowest BCUT2D eigenvalue weighted by Gasteiger charge is -2.26. The maximum atomic E-state index is 12.2. The monoisotopic (exact) mass is 309 g/mol. The first-order valence-corrected chi connectivity index (χ1v) is 7.45. The Kier molecular flexibility index (Phi) is 5.59. The third-order valence-corrected chi connectivity index (χ3v) is 3.75. The summed E-state index contributed by atoms with van der Waals surface area (Å²) >= 11 is 5.86. The molecule has 0 radical (unpaired) electrons. The number of nitrogens with zero attached hydrogens (tertiary/aromatic N) is 1. The molecule has 1 aliphatic heterocycles. The van der Waals surface area contributed by atoms with E-state index in [9.17, 15) is 9.59 Å². The van der Waals surface area contributed by atoms with Gasteiger partial charge in [-0.05, 0) is 37.6 Å². The van der Waals surface area contributed by atoms with Gasteiger partial charge in [0, 0.05) is 24.3 Å². The number of rotatable bonds is 4. The molecular weight excluding hydrogens is 290 g/mol. The van der Waals surface area contributed by atoms with Crippen LogP contribution in [-0.2, 0) is 9.59 Å². The van der Waals surface area contributed by atoms with Crippen molar-refractivity contribution in [1.29, 1.82) is 0 Å². The molecule has 2 amide bonds. The highest BCUT2D eigenvalue weighted by molar-refractivity contribution is 6.30. The van der Waals surface area contributed by atoms with E-state index < -0.39 is 0 Å². The zero-order valence-electron chi connectivity index (χ0n) is 12.1. The molecule has 1 aromatic carbocycles. The molecule has 114 valence electrons. The summed E-state index contributed by atoms with van der Waals surface area (Å²) in [5.41, 5.74) is 0.632. The molecule has 1 atom stereocenters. The van der Waals surface area contributed by atoms with Crippen LogP contribution in [-0.4, -0.2) is 43.4 Å². The van der Waals surface area contributed by atoms with Crippen LogP contribution in [0.5, 0.6) is 0 Å². The van der Waals surface area contributed by atoms with Crippen LogP contribution in [0.2, 0.25) is 5.02 Å². The van der Waals surface area contributed by atoms with Gasteiger partial charge in [-0.2, -0.15) is 0 Å². The average molecular weight is 310 g/mol. The summed E-state index contributed by atoms with van der Waals surface area (Å²) in [6.45, 7) is 1.70. The van der Waals surface area contributed by atoms with Gasteiger partial charge in [-0.15, -0.1) is 0 Å². The topological polar surface area (TPSA) is 61.4 Å². The number of nitrogens with one attached hydrogen (secondary N) is 2. The lowest BCUT2D eigenvalue weighted by molar-refractivity contribution is -0.137. The van der Waals surface area contributed by atoms with Crippen molar-refractivity contribution in [2.24, 2.45) is 5.92 Å². The van der Waals surface area contributed by atoms with Gasteiger partial charge in [-0.3, -0.25) is 9.59 Å². The maximum absolute atomic E-state index is 12.2. The Labute approximate surface area is 129 Å². The molecule has 0 aliphatic carbocycles. The van der Waals surface area contributed by atoms with Crippen molar-refractivity contribution in [3.63, 3.8) is 0 Å². The third-order valence-electron chi connectivity index (χ3n) is 3.51. The first-order chi connectivity index (χ1) is 10.1. The fourth-order valence-corrected chi connectivity index (χ4v) is 2.62. The second-order valence-electron chi connectivity index (χ2n) is 5.30. The van der Waals surface area contributed by atoms with Gasteiger partial charge in [0.25, 0.3) is 0 Å². The number of amides is 2. The zero-order chi connectivity index (χ0) is 15.2. The van der Waals surface area contributed by atoms with E-state index in [4.69, 9.17) is 11.6 Å². The first kappa shape index (κ1) is 15.8. The van der Waals surface area contributed by atoms with Gasteiger partial charge >= 0.3 is 0 Å². The minimum absolute atomic E-state index is 0.0171. The van der Waals surface area contributed by atoms with Crippen LogP contribution in [0.3, 0.4) is 0 Å². The standard InChI is InChI=1S/C15H20ClN3O2/c1-19(15(21)11-4-3-7-17-9-11)10-14(20)18-13-6-2-5-12(16)8-13/h2,5-6,8,11,17H,3-4,7,9-10H2,1H3,(H,18,20). The molecule has 0 saturated carbocycles. The molecule has 1 saturated heterocycles. The van der Waals surface area contributed by atoms with Gasteiger partial charge in [-0.1, -0.05) is 17.7 Å². The molecule has 0 bridgehead atoms. The van der Waals surface area contributed by atoms with Crippen molar-refractivity contribution in [1.82, 2.24) is 10.2 Å². The fraction of sp³-hybridized carbons (Fsp3) is 0.467. The largest absolute Gasteiger partial charge is 0.336 e. The minimum atomic E-state index is -0.225. The maximum Gasteiger partial charge on any atom is 0.243 e. The second-order valence-corrected chi connectivity index (χ2v) is 5.73. The number of halogens is 1. The van der Waals surface area contributed by atoms with Crippen LogP contribution in [0.1, 0.15) is 12.8 Å². The first-order valence-electron chi connectivity index (χ1n) is 7.07. The van der Waals surface area contributed by atoms with Crippen molar-refractivity contribution in [2.75, 3.05) is 32.0 Å². The summed E-state index contributed by atoms with van der Waals surface area (Å²) in [4.78, 5) is 25.7. The molecule has 1 aromatic rings. The highest BCUT2D eigenvalue weighted by Crippen LogP contribution is 2.15. The number of anilines is 1. The SMILES string of the molecule is CN(CC(=O)Nc1cccc(Cl)c1)C(=O)C1CCCNC1. The highest BCUT2D eigenvalue weighted by atomic mass is 35.5. The zero-order valence-corrected chi connectivity index (χ0v) is 12.8. The van der Waals surface area contributed by atoms with Gasteiger partial charge in [0.1, 0.15) is 0 Å². The van der Waals surface area contributed by atoms with Gasteiger partial charge in [-0.25, -0.2) is 0 Å². The number of carbonyl (C=O) groups is 2. The molecule has 1 unspecified atom stereocenters. The fourth-order valence-electron chi connectivity index (χ4n) is 2.43. The quantitative estimate of drug-likeness (QED) is 0.890. The Morgan fingerprint density at radius 1 is 1.48 bits per heavy atom. The minimum Gasteiger partial charge on any atom is -0.336 e. The molecular formula is C15H20ClN3O2. The molecule has 21 heavy (non-hydrogen) atoms. The Morgan fingerprint density at radius 2 is 2.29 bits per heavy atom. The summed E-state index contributed by atoms with van der Waals surface area (Å²) in [6.07, 6.45) is 1.88. The number of hydrogen-bond acceptors (Lipinski definition) is 3. The van der Waals surface area contributed by atoms with Gasteiger partial charge in [0.2, 0.25) is 11.8 Å². The number of benzene rings is 1. The highest BCUT2D eigenvalue weighted by Gasteiger charge is 2.24. The Hall–Kier alpha value is -1.59. The van der Waals surface area contributed by atoms with E-state index in [1.807, 2.05) is 0 Å². The van der Waals surface area contributed by atoms with Crippen LogP contribution in [0, 0.1) is 5.92 Å². The molecule has 5 nitrogen and oxygen atoms in total. The summed E-state index contributed by atoms with van der Waals surface area (Å²) in [5, 5.41) is 6.51. The van der Waals surface area contributed by atoms with Crippen LogP contribution in [0.15, 0.2) is 24.3 Å². The molecule has 1 fully saturated rings. The molecule has 2 N–H and O–H groups in total. The molecule has 1 aliphatic rings. The van der Waals surface area contributed by atoms with Crippen molar-refractivity contribution in [2.45, 2.75) is 12.8 Å². The second kappa shape index (κ2) is 7.43. The molecule has 1 heterocycles. The summed E-state index contributed by atoms with van der Waals surface area (Å²) < 4.78 is 0. The van der Waals surface area contributed by atoms with E-state index in [0.717, 1.165) is 19.4 Å². The number of piperidine rings is 1. The number of likely N-dealkylation sites (N-methyl/N-ethyl adjacent to an activating group) is 1. The lowest BCUT2D eigenvalue weighted by atomic mass is 9.98. The summed E-state index contributed by atoms with van der Waals surface area (Å²) in [6, 6.07) is 6.94. The van der Waals surface area contributed by atoms with Crippen molar-refractivity contribution in [3.8, 4) is 0 Å².